The molecule has 2 aromatic rings. The van der Waals surface area contributed by atoms with Gasteiger partial charge in [-0.15, -0.1) is 11.3 Å². The molecule has 1 aromatic carbocycles. The minimum Gasteiger partial charge on any atom is -0.375 e. The molecular formula is C14H18BrN3S. The van der Waals surface area contributed by atoms with Gasteiger partial charge in [0.25, 0.3) is 0 Å². The molecule has 0 atom stereocenters. The average Bonchev–Trinajstić information content (AvgIpc) is 2.76. The summed E-state index contributed by atoms with van der Waals surface area (Å²) in [6.45, 7) is 5.22. The summed E-state index contributed by atoms with van der Waals surface area (Å²) >= 11 is 4.99. The molecular weight excluding hydrogens is 322 g/mol. The van der Waals surface area contributed by atoms with Crippen LogP contribution in [0.1, 0.15) is 24.3 Å². The van der Waals surface area contributed by atoms with Crippen molar-refractivity contribution in [3.05, 3.63) is 45.4 Å². The SMILES string of the molecule is CC(C)(Cc1ccc(Br)cc1)NCc1cnc(N)s1. The van der Waals surface area contributed by atoms with Gasteiger partial charge in [-0.1, -0.05) is 28.1 Å². The summed E-state index contributed by atoms with van der Waals surface area (Å²) in [6, 6.07) is 8.46. The standard InChI is InChI=1S/C14H18BrN3S/c1-14(2,7-10-3-5-11(15)6-4-10)18-9-12-8-17-13(16)19-12/h3-6,8,18H,7,9H2,1-2H3,(H2,16,17). The van der Waals surface area contributed by atoms with Gasteiger partial charge >= 0.3 is 0 Å². The van der Waals surface area contributed by atoms with E-state index in [9.17, 15) is 0 Å². The van der Waals surface area contributed by atoms with E-state index in [-0.39, 0.29) is 5.54 Å². The molecule has 2 rings (SSSR count). The van der Waals surface area contributed by atoms with Crippen LogP contribution in [0.2, 0.25) is 0 Å². The van der Waals surface area contributed by atoms with E-state index in [2.05, 4.69) is 64.3 Å². The van der Waals surface area contributed by atoms with Crippen LogP contribution in [0, 0.1) is 0 Å². The van der Waals surface area contributed by atoms with Crippen molar-refractivity contribution in [2.75, 3.05) is 5.73 Å². The fraction of sp³-hybridized carbons (Fsp3) is 0.357. The van der Waals surface area contributed by atoms with E-state index in [1.165, 1.54) is 21.8 Å². The van der Waals surface area contributed by atoms with Crippen molar-refractivity contribution in [3.63, 3.8) is 0 Å². The smallest absolute Gasteiger partial charge is 0.180 e. The molecule has 0 aliphatic carbocycles. The summed E-state index contributed by atoms with van der Waals surface area (Å²) in [6.07, 6.45) is 2.82. The minimum absolute atomic E-state index is 0.0343. The lowest BCUT2D eigenvalue weighted by atomic mass is 9.95. The molecule has 0 unspecified atom stereocenters. The van der Waals surface area contributed by atoms with E-state index in [1.807, 2.05) is 6.20 Å². The van der Waals surface area contributed by atoms with Crippen molar-refractivity contribution < 1.29 is 0 Å². The van der Waals surface area contributed by atoms with Crippen molar-refractivity contribution in [1.29, 1.82) is 0 Å². The van der Waals surface area contributed by atoms with Crippen molar-refractivity contribution in [2.24, 2.45) is 0 Å². The van der Waals surface area contributed by atoms with Crippen LogP contribution in [0.3, 0.4) is 0 Å². The molecule has 0 amide bonds. The molecule has 0 saturated heterocycles. The third-order valence-electron chi connectivity index (χ3n) is 2.87. The summed E-state index contributed by atoms with van der Waals surface area (Å²) < 4.78 is 1.11. The Labute approximate surface area is 126 Å². The fourth-order valence-corrected chi connectivity index (χ4v) is 2.79. The second kappa shape index (κ2) is 6.03. The van der Waals surface area contributed by atoms with E-state index in [0.717, 1.165) is 17.4 Å². The summed E-state index contributed by atoms with van der Waals surface area (Å²) in [7, 11) is 0. The molecule has 0 spiro atoms. The summed E-state index contributed by atoms with van der Waals surface area (Å²) in [5.74, 6) is 0. The zero-order valence-corrected chi connectivity index (χ0v) is 13.5. The zero-order chi connectivity index (χ0) is 13.9. The third-order valence-corrected chi connectivity index (χ3v) is 4.23. The van der Waals surface area contributed by atoms with Gasteiger partial charge in [0.15, 0.2) is 5.13 Å². The molecule has 1 aromatic heterocycles. The number of benzene rings is 1. The molecule has 0 aliphatic rings. The number of nitrogens with two attached hydrogens (primary N) is 1. The Morgan fingerprint density at radius 3 is 2.58 bits per heavy atom. The normalized spacial score (nSPS) is 11.7. The number of halogens is 1. The van der Waals surface area contributed by atoms with Crippen LogP contribution in [-0.2, 0) is 13.0 Å². The molecule has 0 saturated carbocycles. The van der Waals surface area contributed by atoms with Gasteiger partial charge in [-0.2, -0.15) is 0 Å². The topological polar surface area (TPSA) is 50.9 Å². The van der Waals surface area contributed by atoms with Crippen molar-refractivity contribution in [1.82, 2.24) is 10.3 Å². The van der Waals surface area contributed by atoms with Gasteiger partial charge in [0.1, 0.15) is 0 Å². The molecule has 0 bridgehead atoms. The number of nitrogen functional groups attached to an aromatic ring is 1. The largest absolute Gasteiger partial charge is 0.375 e. The lowest BCUT2D eigenvalue weighted by Gasteiger charge is -2.26. The van der Waals surface area contributed by atoms with Gasteiger partial charge in [-0.3, -0.25) is 0 Å². The van der Waals surface area contributed by atoms with Crippen LogP contribution in [0.4, 0.5) is 5.13 Å². The van der Waals surface area contributed by atoms with Gasteiger partial charge in [-0.25, -0.2) is 4.98 Å². The lowest BCUT2D eigenvalue weighted by Crippen LogP contribution is -2.40. The maximum absolute atomic E-state index is 5.63. The first-order chi connectivity index (χ1) is 8.94. The zero-order valence-electron chi connectivity index (χ0n) is 11.1. The van der Waals surface area contributed by atoms with Crippen molar-refractivity contribution >= 4 is 32.4 Å². The predicted octanol–water partition coefficient (Wildman–Crippen LogP) is 3.60. The van der Waals surface area contributed by atoms with Crippen molar-refractivity contribution in [2.45, 2.75) is 32.4 Å². The molecule has 102 valence electrons. The van der Waals surface area contributed by atoms with Crippen LogP contribution in [-0.4, -0.2) is 10.5 Å². The maximum Gasteiger partial charge on any atom is 0.180 e. The molecule has 0 radical (unpaired) electrons. The predicted molar refractivity (Wildman–Crippen MR) is 85.3 cm³/mol. The van der Waals surface area contributed by atoms with E-state index in [4.69, 9.17) is 5.73 Å². The first kappa shape index (κ1) is 14.5. The average molecular weight is 340 g/mol. The number of thiazole rings is 1. The Kier molecular flexibility index (Phi) is 4.60. The minimum atomic E-state index is 0.0343. The van der Waals surface area contributed by atoms with E-state index >= 15 is 0 Å². The van der Waals surface area contributed by atoms with Crippen LogP contribution >= 0.6 is 27.3 Å². The monoisotopic (exact) mass is 339 g/mol. The summed E-state index contributed by atoms with van der Waals surface area (Å²) in [5.41, 5.74) is 6.99. The quantitative estimate of drug-likeness (QED) is 0.874. The van der Waals surface area contributed by atoms with Gasteiger partial charge in [0.05, 0.1) is 0 Å². The number of nitrogens with zero attached hydrogens (tertiary/aromatic N) is 1. The Morgan fingerprint density at radius 2 is 2.00 bits per heavy atom. The molecule has 19 heavy (non-hydrogen) atoms. The Balaban J connectivity index is 1.92. The number of nitrogens with one attached hydrogen (secondary N) is 1. The third kappa shape index (κ3) is 4.60. The Morgan fingerprint density at radius 1 is 1.32 bits per heavy atom. The summed E-state index contributed by atoms with van der Waals surface area (Å²) in [4.78, 5) is 5.23. The van der Waals surface area contributed by atoms with Crippen LogP contribution in [0.25, 0.3) is 0 Å². The number of rotatable bonds is 5. The number of aromatic nitrogens is 1. The molecule has 0 fully saturated rings. The molecule has 5 heteroatoms. The molecule has 1 heterocycles. The van der Waals surface area contributed by atoms with Crippen LogP contribution in [0.15, 0.2) is 34.9 Å². The highest BCUT2D eigenvalue weighted by Crippen LogP contribution is 2.18. The number of anilines is 1. The number of hydrogen-bond acceptors (Lipinski definition) is 4. The molecule has 0 aliphatic heterocycles. The highest BCUT2D eigenvalue weighted by molar-refractivity contribution is 9.10. The maximum atomic E-state index is 5.63. The van der Waals surface area contributed by atoms with Crippen LogP contribution in [0.5, 0.6) is 0 Å². The second-order valence-electron chi connectivity index (χ2n) is 5.21. The van der Waals surface area contributed by atoms with Gasteiger partial charge in [-0.05, 0) is 38.0 Å². The summed E-state index contributed by atoms with van der Waals surface area (Å²) in [5, 5.41) is 4.18. The van der Waals surface area contributed by atoms with Crippen LogP contribution < -0.4 is 11.1 Å². The van der Waals surface area contributed by atoms with Crippen molar-refractivity contribution in [3.8, 4) is 0 Å². The molecule has 3 N–H and O–H groups in total. The fourth-order valence-electron chi connectivity index (χ4n) is 1.91. The first-order valence-electron chi connectivity index (χ1n) is 6.14. The van der Waals surface area contributed by atoms with E-state index in [1.54, 1.807) is 0 Å². The highest BCUT2D eigenvalue weighted by Gasteiger charge is 2.18. The number of hydrogen-bond donors (Lipinski definition) is 2. The van der Waals surface area contributed by atoms with E-state index < -0.39 is 0 Å². The van der Waals surface area contributed by atoms with Gasteiger partial charge in [0, 0.05) is 27.6 Å². The Bertz CT molecular complexity index is 534. The first-order valence-corrected chi connectivity index (χ1v) is 7.75. The second-order valence-corrected chi connectivity index (χ2v) is 7.27. The van der Waals surface area contributed by atoms with Gasteiger partial charge in [0.2, 0.25) is 0 Å². The Hall–Kier alpha value is -0.910. The highest BCUT2D eigenvalue weighted by atomic mass is 79.9. The van der Waals surface area contributed by atoms with Gasteiger partial charge < -0.3 is 11.1 Å². The van der Waals surface area contributed by atoms with E-state index in [0.29, 0.717) is 5.13 Å². The molecule has 3 nitrogen and oxygen atoms in total. The lowest BCUT2D eigenvalue weighted by molar-refractivity contribution is 0.385.